The number of rotatable bonds is 5. The average molecular weight is 317 g/mol. The summed E-state index contributed by atoms with van der Waals surface area (Å²) in [5, 5.41) is 3.93. The van der Waals surface area contributed by atoms with Crippen LogP contribution in [0.5, 0.6) is 0 Å². The van der Waals surface area contributed by atoms with Gasteiger partial charge in [-0.15, -0.1) is 0 Å². The van der Waals surface area contributed by atoms with E-state index < -0.39 is 0 Å². The van der Waals surface area contributed by atoms with Crippen molar-refractivity contribution in [2.24, 2.45) is 0 Å². The second-order valence-electron chi connectivity index (χ2n) is 5.50. The molecule has 2 aromatic rings. The van der Waals surface area contributed by atoms with Crippen molar-refractivity contribution in [3.05, 3.63) is 34.6 Å². The summed E-state index contributed by atoms with van der Waals surface area (Å²) in [5.74, 6) is 0.0116. The van der Waals surface area contributed by atoms with Crippen molar-refractivity contribution in [3.63, 3.8) is 0 Å². The largest absolute Gasteiger partial charge is 0.352 e. The van der Waals surface area contributed by atoms with Gasteiger partial charge in [0.05, 0.1) is 16.2 Å². The van der Waals surface area contributed by atoms with Crippen LogP contribution >= 0.6 is 11.8 Å². The fraction of sp³-hybridized carbons (Fsp3) is 0.438. The monoisotopic (exact) mass is 317 g/mol. The zero-order chi connectivity index (χ0) is 15.7. The molecule has 0 spiro atoms. The topological polar surface area (TPSA) is 64.0 Å². The molecule has 0 radical (unpaired) electrons. The lowest BCUT2D eigenvalue weighted by Crippen LogP contribution is -2.33. The van der Waals surface area contributed by atoms with Gasteiger partial charge in [0, 0.05) is 12.6 Å². The molecule has 3 rings (SSSR count). The first kappa shape index (κ1) is 15.1. The molecule has 22 heavy (non-hydrogen) atoms. The maximum Gasteiger partial charge on any atom is 0.262 e. The molecule has 0 bridgehead atoms. The summed E-state index contributed by atoms with van der Waals surface area (Å²) in [5.41, 5.74) is 0.625. The van der Waals surface area contributed by atoms with Gasteiger partial charge in [-0.1, -0.05) is 23.9 Å². The average Bonchev–Trinajstić information content (AvgIpc) is 3.31. The van der Waals surface area contributed by atoms with Crippen molar-refractivity contribution in [1.82, 2.24) is 14.9 Å². The van der Waals surface area contributed by atoms with Gasteiger partial charge in [0.2, 0.25) is 5.91 Å². The van der Waals surface area contributed by atoms with E-state index in [4.69, 9.17) is 0 Å². The highest BCUT2D eigenvalue weighted by molar-refractivity contribution is 8.00. The molecular formula is C16H19N3O2S. The van der Waals surface area contributed by atoms with E-state index in [1.165, 1.54) is 11.8 Å². The third-order valence-electron chi connectivity index (χ3n) is 3.72. The summed E-state index contributed by atoms with van der Waals surface area (Å²) in [6, 6.07) is 7.66. The Morgan fingerprint density at radius 3 is 2.86 bits per heavy atom. The van der Waals surface area contributed by atoms with Gasteiger partial charge in [0.15, 0.2) is 5.16 Å². The summed E-state index contributed by atoms with van der Waals surface area (Å²) in [4.78, 5) is 29.2. The van der Waals surface area contributed by atoms with Crippen LogP contribution in [0.2, 0.25) is 0 Å². The van der Waals surface area contributed by atoms with Gasteiger partial charge in [0.25, 0.3) is 5.56 Å². The molecule has 6 heteroatoms. The standard InChI is InChI=1S/C16H19N3O2S/c1-3-19-15(21)12-6-4-5-7-13(12)18-16(19)22-10(2)14(20)17-11-8-9-11/h4-7,10-11H,3,8-9H2,1-2H3,(H,17,20). The molecule has 1 saturated carbocycles. The fourth-order valence-electron chi connectivity index (χ4n) is 2.27. The van der Waals surface area contributed by atoms with Crippen molar-refractivity contribution in [1.29, 1.82) is 0 Å². The first-order valence-electron chi connectivity index (χ1n) is 7.56. The number of benzene rings is 1. The first-order valence-corrected chi connectivity index (χ1v) is 8.44. The Morgan fingerprint density at radius 2 is 2.18 bits per heavy atom. The third-order valence-corrected chi connectivity index (χ3v) is 4.81. The van der Waals surface area contributed by atoms with E-state index in [9.17, 15) is 9.59 Å². The van der Waals surface area contributed by atoms with Crippen LogP contribution in [0.25, 0.3) is 10.9 Å². The quantitative estimate of drug-likeness (QED) is 0.678. The van der Waals surface area contributed by atoms with E-state index in [2.05, 4.69) is 10.3 Å². The molecule has 1 unspecified atom stereocenters. The number of thioether (sulfide) groups is 1. The highest BCUT2D eigenvalue weighted by atomic mass is 32.2. The Bertz CT molecular complexity index is 768. The van der Waals surface area contributed by atoms with Gasteiger partial charge in [-0.3, -0.25) is 14.2 Å². The number of hydrogen-bond acceptors (Lipinski definition) is 4. The Balaban J connectivity index is 1.91. The number of amides is 1. The zero-order valence-corrected chi connectivity index (χ0v) is 13.5. The summed E-state index contributed by atoms with van der Waals surface area (Å²) in [6.45, 7) is 4.30. The minimum absolute atomic E-state index is 0.0116. The summed E-state index contributed by atoms with van der Waals surface area (Å²) in [7, 11) is 0. The number of carbonyl (C=O) groups is 1. The lowest BCUT2D eigenvalue weighted by Gasteiger charge is -2.15. The van der Waals surface area contributed by atoms with E-state index in [-0.39, 0.29) is 16.7 Å². The predicted molar refractivity (Wildman–Crippen MR) is 88.2 cm³/mol. The van der Waals surface area contributed by atoms with Gasteiger partial charge in [-0.2, -0.15) is 0 Å². The van der Waals surface area contributed by atoms with Crippen LogP contribution in [0.3, 0.4) is 0 Å². The Morgan fingerprint density at radius 1 is 1.45 bits per heavy atom. The van der Waals surface area contributed by atoms with Crippen LogP contribution < -0.4 is 10.9 Å². The highest BCUT2D eigenvalue weighted by Gasteiger charge is 2.26. The molecule has 1 atom stereocenters. The molecule has 1 N–H and O–H groups in total. The molecule has 1 heterocycles. The van der Waals surface area contributed by atoms with Crippen molar-refractivity contribution in [2.75, 3.05) is 0 Å². The number of nitrogens with one attached hydrogen (secondary N) is 1. The van der Waals surface area contributed by atoms with Crippen LogP contribution in [-0.4, -0.2) is 26.8 Å². The minimum atomic E-state index is -0.272. The van der Waals surface area contributed by atoms with E-state index in [0.29, 0.717) is 28.6 Å². The van der Waals surface area contributed by atoms with Crippen LogP contribution in [0.4, 0.5) is 0 Å². The second-order valence-corrected chi connectivity index (χ2v) is 6.81. The molecule has 1 fully saturated rings. The summed E-state index contributed by atoms with van der Waals surface area (Å²) >= 11 is 1.34. The van der Waals surface area contributed by atoms with Crippen molar-refractivity contribution < 1.29 is 4.79 Å². The maximum atomic E-state index is 12.5. The summed E-state index contributed by atoms with van der Waals surface area (Å²) < 4.78 is 1.63. The first-order chi connectivity index (χ1) is 10.6. The van der Waals surface area contributed by atoms with Gasteiger partial charge in [-0.25, -0.2) is 4.98 Å². The zero-order valence-electron chi connectivity index (χ0n) is 12.7. The van der Waals surface area contributed by atoms with Crippen LogP contribution in [0.1, 0.15) is 26.7 Å². The molecule has 116 valence electrons. The van der Waals surface area contributed by atoms with E-state index in [0.717, 1.165) is 12.8 Å². The SMILES string of the molecule is CCn1c(SC(C)C(=O)NC2CC2)nc2ccccc2c1=O. The van der Waals surface area contributed by atoms with Gasteiger partial charge in [0.1, 0.15) is 0 Å². The van der Waals surface area contributed by atoms with Crippen molar-refractivity contribution in [2.45, 2.75) is 49.7 Å². The predicted octanol–water partition coefficient (Wildman–Crippen LogP) is 2.18. The molecule has 1 aliphatic rings. The molecule has 5 nitrogen and oxygen atoms in total. The molecule has 1 amide bonds. The van der Waals surface area contributed by atoms with E-state index >= 15 is 0 Å². The van der Waals surface area contributed by atoms with Gasteiger partial charge in [-0.05, 0) is 38.8 Å². The van der Waals surface area contributed by atoms with E-state index in [1.54, 1.807) is 10.6 Å². The Hall–Kier alpha value is -1.82. The summed E-state index contributed by atoms with van der Waals surface area (Å²) in [6.07, 6.45) is 2.13. The lowest BCUT2D eigenvalue weighted by atomic mass is 10.2. The molecular weight excluding hydrogens is 298 g/mol. The second kappa shape index (κ2) is 6.12. The number of aromatic nitrogens is 2. The Kier molecular flexibility index (Phi) is 4.20. The van der Waals surface area contributed by atoms with Crippen molar-refractivity contribution in [3.8, 4) is 0 Å². The number of carbonyl (C=O) groups excluding carboxylic acids is 1. The fourth-order valence-corrected chi connectivity index (χ4v) is 3.26. The minimum Gasteiger partial charge on any atom is -0.352 e. The number of hydrogen-bond donors (Lipinski definition) is 1. The Labute approximate surface area is 133 Å². The van der Waals surface area contributed by atoms with Crippen molar-refractivity contribution >= 4 is 28.6 Å². The molecule has 0 aliphatic heterocycles. The number of nitrogens with zero attached hydrogens (tertiary/aromatic N) is 2. The third kappa shape index (κ3) is 3.02. The molecule has 0 saturated heterocycles. The van der Waals surface area contributed by atoms with Gasteiger partial charge >= 0.3 is 0 Å². The molecule has 1 aromatic heterocycles. The highest BCUT2D eigenvalue weighted by Crippen LogP contribution is 2.24. The number of fused-ring (bicyclic) bond motifs is 1. The van der Waals surface area contributed by atoms with Crippen LogP contribution in [-0.2, 0) is 11.3 Å². The maximum absolute atomic E-state index is 12.5. The smallest absolute Gasteiger partial charge is 0.262 e. The van der Waals surface area contributed by atoms with Gasteiger partial charge < -0.3 is 5.32 Å². The normalized spacial score (nSPS) is 15.7. The van der Waals surface area contributed by atoms with Crippen LogP contribution in [0.15, 0.2) is 34.2 Å². The molecule has 1 aliphatic carbocycles. The number of para-hydroxylation sites is 1. The lowest BCUT2D eigenvalue weighted by molar-refractivity contribution is -0.120. The van der Waals surface area contributed by atoms with Crippen LogP contribution in [0, 0.1) is 0 Å². The van der Waals surface area contributed by atoms with E-state index in [1.807, 2.05) is 32.0 Å². The molecule has 1 aromatic carbocycles.